The molecule has 0 aliphatic heterocycles. The van der Waals surface area contributed by atoms with Crippen molar-refractivity contribution in [3.63, 3.8) is 0 Å². The fourth-order valence-corrected chi connectivity index (χ4v) is 3.96. The molecule has 1 atom stereocenters. The first-order valence-corrected chi connectivity index (χ1v) is 10.2. The predicted octanol–water partition coefficient (Wildman–Crippen LogP) is 5.55. The number of hydrogen-bond donors (Lipinski definition) is 2. The zero-order chi connectivity index (χ0) is 21.3. The van der Waals surface area contributed by atoms with Gasteiger partial charge in [0.2, 0.25) is 0 Å². The summed E-state index contributed by atoms with van der Waals surface area (Å²) in [4.78, 5) is 0. The van der Waals surface area contributed by atoms with Crippen LogP contribution in [0.2, 0.25) is 5.02 Å². The maximum atomic E-state index is 9.85. The minimum atomic E-state index is 0.0338. The summed E-state index contributed by atoms with van der Waals surface area (Å²) in [5, 5.41) is 20.9. The lowest BCUT2D eigenvalue weighted by atomic mass is 10.1. The van der Waals surface area contributed by atoms with Crippen molar-refractivity contribution in [3.05, 3.63) is 82.6 Å². The van der Waals surface area contributed by atoms with Crippen molar-refractivity contribution in [1.29, 1.82) is 0 Å². The Hall–Kier alpha value is -3.02. The van der Waals surface area contributed by atoms with Crippen LogP contribution in [0.5, 0.6) is 11.5 Å². The molecule has 0 aliphatic carbocycles. The van der Waals surface area contributed by atoms with Gasteiger partial charge in [0.1, 0.15) is 0 Å². The van der Waals surface area contributed by atoms with Gasteiger partial charge >= 0.3 is 0 Å². The van der Waals surface area contributed by atoms with E-state index in [1.54, 1.807) is 6.07 Å². The number of rotatable bonds is 6. The molecular weight excluding hydrogens is 398 g/mol. The summed E-state index contributed by atoms with van der Waals surface area (Å²) in [5.74, 6) is 0.440. The van der Waals surface area contributed by atoms with Gasteiger partial charge in [-0.1, -0.05) is 48.0 Å². The van der Waals surface area contributed by atoms with Crippen molar-refractivity contribution < 1.29 is 9.84 Å². The number of phenolic OH excluding ortho intramolecular Hbond substituents is 1. The number of ether oxygens (including phenoxy) is 1. The van der Waals surface area contributed by atoms with Crippen LogP contribution in [-0.4, -0.2) is 22.0 Å². The van der Waals surface area contributed by atoms with E-state index in [1.807, 2.05) is 23.0 Å². The Bertz CT molecular complexity index is 1200. The standard InChI is InChI=1S/C24H24ClN3O2/c1-15(26-13-18-11-24(30-3)23(29)12-21(18)25)20-14-27-28(16(20)2)22-10-6-8-17-7-4-5-9-19(17)22/h4-12,14-15,26,29H,13H2,1-3H3. The molecule has 4 rings (SSSR count). The molecule has 6 heteroatoms. The fourth-order valence-electron chi connectivity index (χ4n) is 3.74. The summed E-state index contributed by atoms with van der Waals surface area (Å²) < 4.78 is 7.18. The Kier molecular flexibility index (Phi) is 5.66. The maximum Gasteiger partial charge on any atom is 0.160 e. The molecule has 154 valence electrons. The number of halogens is 1. The van der Waals surface area contributed by atoms with Crippen molar-refractivity contribution in [1.82, 2.24) is 15.1 Å². The highest BCUT2D eigenvalue weighted by molar-refractivity contribution is 6.31. The van der Waals surface area contributed by atoms with E-state index in [4.69, 9.17) is 16.3 Å². The molecule has 0 saturated heterocycles. The van der Waals surface area contributed by atoms with Crippen LogP contribution in [0.4, 0.5) is 0 Å². The van der Waals surface area contributed by atoms with E-state index in [0.717, 1.165) is 22.5 Å². The third-order valence-electron chi connectivity index (χ3n) is 5.46. The molecule has 1 heterocycles. The molecule has 0 saturated carbocycles. The van der Waals surface area contributed by atoms with Gasteiger partial charge in [0.25, 0.3) is 0 Å². The van der Waals surface area contributed by atoms with E-state index in [9.17, 15) is 5.11 Å². The Morgan fingerprint density at radius 3 is 2.73 bits per heavy atom. The SMILES string of the molecule is COc1cc(CNC(C)c2cnn(-c3cccc4ccccc34)c2C)c(Cl)cc1O. The van der Waals surface area contributed by atoms with Crippen molar-refractivity contribution in [2.45, 2.75) is 26.4 Å². The van der Waals surface area contributed by atoms with Crippen LogP contribution in [0.15, 0.2) is 60.8 Å². The molecule has 30 heavy (non-hydrogen) atoms. The van der Waals surface area contributed by atoms with Crippen LogP contribution in [0, 0.1) is 6.92 Å². The number of aromatic hydroxyl groups is 1. The van der Waals surface area contributed by atoms with Crippen molar-refractivity contribution in [2.75, 3.05) is 7.11 Å². The number of nitrogens with one attached hydrogen (secondary N) is 1. The van der Waals surface area contributed by atoms with Crippen LogP contribution < -0.4 is 10.1 Å². The molecule has 4 aromatic rings. The topological polar surface area (TPSA) is 59.3 Å². The third kappa shape index (κ3) is 3.74. The number of phenols is 1. The number of nitrogens with zero attached hydrogens (tertiary/aromatic N) is 2. The second-order valence-corrected chi connectivity index (χ2v) is 7.72. The minimum absolute atomic E-state index is 0.0338. The molecule has 0 spiro atoms. The van der Waals surface area contributed by atoms with Gasteiger partial charge in [-0.15, -0.1) is 0 Å². The molecule has 1 aromatic heterocycles. The second kappa shape index (κ2) is 8.38. The average molecular weight is 422 g/mol. The molecular formula is C24H24ClN3O2. The normalized spacial score (nSPS) is 12.3. The van der Waals surface area contributed by atoms with Crippen molar-refractivity contribution in [3.8, 4) is 17.2 Å². The fraction of sp³-hybridized carbons (Fsp3) is 0.208. The van der Waals surface area contributed by atoms with Gasteiger partial charge in [0.15, 0.2) is 11.5 Å². The monoisotopic (exact) mass is 421 g/mol. The smallest absolute Gasteiger partial charge is 0.160 e. The number of methoxy groups -OCH3 is 1. The Morgan fingerprint density at radius 2 is 1.93 bits per heavy atom. The molecule has 0 aliphatic rings. The first kappa shape index (κ1) is 20.3. The summed E-state index contributed by atoms with van der Waals surface area (Å²) in [7, 11) is 1.52. The Morgan fingerprint density at radius 1 is 1.17 bits per heavy atom. The lowest BCUT2D eigenvalue weighted by molar-refractivity contribution is 0.372. The first-order chi connectivity index (χ1) is 14.5. The van der Waals surface area contributed by atoms with E-state index >= 15 is 0 Å². The van der Waals surface area contributed by atoms with Gasteiger partial charge in [-0.2, -0.15) is 5.10 Å². The third-order valence-corrected chi connectivity index (χ3v) is 5.81. The van der Waals surface area contributed by atoms with Gasteiger partial charge in [-0.3, -0.25) is 0 Å². The van der Waals surface area contributed by atoms with Crippen LogP contribution in [-0.2, 0) is 6.54 Å². The zero-order valence-corrected chi connectivity index (χ0v) is 17.9. The lowest BCUT2D eigenvalue weighted by Crippen LogP contribution is -2.19. The van der Waals surface area contributed by atoms with Gasteiger partial charge in [0.05, 0.1) is 19.0 Å². The molecule has 3 aromatic carbocycles. The summed E-state index contributed by atoms with van der Waals surface area (Å²) in [6.45, 7) is 4.72. The van der Waals surface area contributed by atoms with Crippen molar-refractivity contribution >= 4 is 22.4 Å². The first-order valence-electron chi connectivity index (χ1n) is 9.81. The largest absolute Gasteiger partial charge is 0.504 e. The molecule has 1 unspecified atom stereocenters. The van der Waals surface area contributed by atoms with Gasteiger partial charge in [0, 0.05) is 40.3 Å². The van der Waals surface area contributed by atoms with E-state index < -0.39 is 0 Å². The van der Waals surface area contributed by atoms with Gasteiger partial charge < -0.3 is 15.2 Å². The Balaban J connectivity index is 1.58. The molecule has 0 fully saturated rings. The lowest BCUT2D eigenvalue weighted by Gasteiger charge is -2.16. The number of benzene rings is 3. The quantitative estimate of drug-likeness (QED) is 0.428. The zero-order valence-electron chi connectivity index (χ0n) is 17.2. The van der Waals surface area contributed by atoms with E-state index in [1.165, 1.54) is 23.9 Å². The summed E-state index contributed by atoms with van der Waals surface area (Å²) >= 11 is 6.29. The van der Waals surface area contributed by atoms with Gasteiger partial charge in [-0.05, 0) is 36.9 Å². The molecule has 0 amide bonds. The molecule has 5 nitrogen and oxygen atoms in total. The van der Waals surface area contributed by atoms with Crippen LogP contribution >= 0.6 is 11.6 Å². The molecule has 2 N–H and O–H groups in total. The van der Waals surface area contributed by atoms with E-state index in [2.05, 4.69) is 54.6 Å². The maximum absolute atomic E-state index is 9.85. The van der Waals surface area contributed by atoms with Gasteiger partial charge in [-0.25, -0.2) is 4.68 Å². The summed E-state index contributed by atoms with van der Waals surface area (Å²) in [5.41, 5.74) is 4.12. The highest BCUT2D eigenvalue weighted by Crippen LogP contribution is 2.32. The Labute approximate surface area is 180 Å². The van der Waals surface area contributed by atoms with Crippen LogP contribution in [0.25, 0.3) is 16.5 Å². The molecule has 0 radical (unpaired) electrons. The average Bonchev–Trinajstić information content (AvgIpc) is 3.13. The van der Waals surface area contributed by atoms with E-state index in [0.29, 0.717) is 17.3 Å². The second-order valence-electron chi connectivity index (χ2n) is 7.31. The highest BCUT2D eigenvalue weighted by atomic mass is 35.5. The predicted molar refractivity (Wildman–Crippen MR) is 121 cm³/mol. The van der Waals surface area contributed by atoms with Crippen LogP contribution in [0.1, 0.15) is 29.8 Å². The van der Waals surface area contributed by atoms with Crippen molar-refractivity contribution in [2.24, 2.45) is 0 Å². The van der Waals surface area contributed by atoms with E-state index in [-0.39, 0.29) is 11.8 Å². The number of aromatic nitrogens is 2. The summed E-state index contributed by atoms with van der Waals surface area (Å²) in [6.07, 6.45) is 1.91. The summed E-state index contributed by atoms with van der Waals surface area (Å²) in [6, 6.07) is 17.9. The molecule has 0 bridgehead atoms. The highest BCUT2D eigenvalue weighted by Gasteiger charge is 2.16. The number of fused-ring (bicyclic) bond motifs is 1. The van der Waals surface area contributed by atoms with Crippen LogP contribution in [0.3, 0.4) is 0 Å². The minimum Gasteiger partial charge on any atom is -0.504 e. The number of hydrogen-bond acceptors (Lipinski definition) is 4.